The smallest absolute Gasteiger partial charge is 0.140 e. The summed E-state index contributed by atoms with van der Waals surface area (Å²) in [6.45, 7) is 4.67. The lowest BCUT2D eigenvalue weighted by molar-refractivity contribution is -0.122. The molecular formula is C14H20O2. The van der Waals surface area contributed by atoms with Crippen LogP contribution in [0.15, 0.2) is 24.3 Å². The van der Waals surface area contributed by atoms with Crippen LogP contribution in [0.5, 0.6) is 0 Å². The fraction of sp³-hybridized carbons (Fsp3) is 0.500. The fourth-order valence-electron chi connectivity index (χ4n) is 1.65. The van der Waals surface area contributed by atoms with E-state index in [-0.39, 0.29) is 5.92 Å². The van der Waals surface area contributed by atoms with Crippen LogP contribution in [0.25, 0.3) is 0 Å². The Morgan fingerprint density at radius 3 is 2.81 bits per heavy atom. The first-order valence-electron chi connectivity index (χ1n) is 5.70. The Morgan fingerprint density at radius 1 is 1.44 bits per heavy atom. The first kappa shape index (κ1) is 12.9. The molecule has 0 N–H and O–H groups in total. The van der Waals surface area contributed by atoms with Gasteiger partial charge in [-0.1, -0.05) is 36.8 Å². The lowest BCUT2D eigenvalue weighted by atomic mass is 9.96. The van der Waals surface area contributed by atoms with Gasteiger partial charge in [0.2, 0.25) is 0 Å². The zero-order valence-corrected chi connectivity index (χ0v) is 10.3. The predicted octanol–water partition coefficient (Wildman–Crippen LogP) is 2.78. The van der Waals surface area contributed by atoms with Gasteiger partial charge in [-0.05, 0) is 18.9 Å². The van der Waals surface area contributed by atoms with Gasteiger partial charge in [0.25, 0.3) is 0 Å². The number of carbonyl (C=O) groups excluding carboxylic acids is 1. The highest BCUT2D eigenvalue weighted by Crippen LogP contribution is 2.10. The average molecular weight is 220 g/mol. The minimum Gasteiger partial charge on any atom is -0.385 e. The average Bonchev–Trinajstić information content (AvgIpc) is 2.25. The minimum absolute atomic E-state index is 0.0838. The van der Waals surface area contributed by atoms with E-state index in [2.05, 4.69) is 6.07 Å². The molecule has 0 amide bonds. The molecule has 0 heterocycles. The van der Waals surface area contributed by atoms with Crippen molar-refractivity contribution in [3.05, 3.63) is 35.4 Å². The third-order valence-electron chi connectivity index (χ3n) is 2.77. The molecule has 0 fully saturated rings. The maximum absolute atomic E-state index is 11.9. The molecule has 0 saturated heterocycles. The Hall–Kier alpha value is -1.15. The van der Waals surface area contributed by atoms with Crippen molar-refractivity contribution in [1.82, 2.24) is 0 Å². The van der Waals surface area contributed by atoms with E-state index < -0.39 is 0 Å². The summed E-state index contributed by atoms with van der Waals surface area (Å²) >= 11 is 0. The van der Waals surface area contributed by atoms with Gasteiger partial charge in [0.1, 0.15) is 5.78 Å². The van der Waals surface area contributed by atoms with Crippen LogP contribution in [-0.4, -0.2) is 19.5 Å². The summed E-state index contributed by atoms with van der Waals surface area (Å²) in [5, 5.41) is 0. The molecule has 1 atom stereocenters. The molecule has 1 aromatic rings. The van der Waals surface area contributed by atoms with Crippen LogP contribution >= 0.6 is 0 Å². The number of benzene rings is 1. The first-order valence-corrected chi connectivity index (χ1v) is 5.70. The molecule has 0 radical (unpaired) electrons. The Morgan fingerprint density at radius 2 is 2.19 bits per heavy atom. The zero-order chi connectivity index (χ0) is 12.0. The molecule has 16 heavy (non-hydrogen) atoms. The Kier molecular flexibility index (Phi) is 5.20. The van der Waals surface area contributed by atoms with Gasteiger partial charge in [0.15, 0.2) is 0 Å². The summed E-state index contributed by atoms with van der Waals surface area (Å²) in [5.41, 5.74) is 2.31. The normalized spacial score (nSPS) is 12.4. The van der Waals surface area contributed by atoms with Gasteiger partial charge in [-0.15, -0.1) is 0 Å². The maximum atomic E-state index is 11.9. The van der Waals surface area contributed by atoms with Crippen LogP contribution in [-0.2, 0) is 16.0 Å². The van der Waals surface area contributed by atoms with E-state index in [4.69, 9.17) is 4.74 Å². The van der Waals surface area contributed by atoms with E-state index in [0.29, 0.717) is 18.8 Å². The van der Waals surface area contributed by atoms with E-state index in [1.807, 2.05) is 32.0 Å². The van der Waals surface area contributed by atoms with Crippen molar-refractivity contribution in [2.45, 2.75) is 26.7 Å². The van der Waals surface area contributed by atoms with E-state index in [1.54, 1.807) is 7.11 Å². The fourth-order valence-corrected chi connectivity index (χ4v) is 1.65. The van der Waals surface area contributed by atoms with E-state index >= 15 is 0 Å². The third-order valence-corrected chi connectivity index (χ3v) is 2.77. The largest absolute Gasteiger partial charge is 0.385 e. The number of rotatable bonds is 6. The molecule has 1 unspecified atom stereocenters. The monoisotopic (exact) mass is 220 g/mol. The summed E-state index contributed by atoms with van der Waals surface area (Å²) in [5.74, 6) is 0.378. The van der Waals surface area contributed by atoms with Crippen molar-refractivity contribution < 1.29 is 9.53 Å². The van der Waals surface area contributed by atoms with Gasteiger partial charge in [0, 0.05) is 26.1 Å². The molecule has 2 heteroatoms. The number of hydrogen-bond acceptors (Lipinski definition) is 2. The summed E-state index contributed by atoms with van der Waals surface area (Å²) < 4.78 is 4.98. The van der Waals surface area contributed by atoms with Crippen LogP contribution in [0.1, 0.15) is 24.5 Å². The van der Waals surface area contributed by atoms with E-state index in [0.717, 1.165) is 12.0 Å². The predicted molar refractivity (Wildman–Crippen MR) is 65.5 cm³/mol. The molecular weight excluding hydrogens is 200 g/mol. The Labute approximate surface area is 97.6 Å². The maximum Gasteiger partial charge on any atom is 0.140 e. The second-order valence-electron chi connectivity index (χ2n) is 4.31. The number of ether oxygens (including phenoxy) is 1. The lowest BCUT2D eigenvalue weighted by Gasteiger charge is -2.09. The molecule has 0 aliphatic rings. The number of Topliss-reactive ketones (excluding diaryl/α,β-unsaturated/α-hetero) is 1. The standard InChI is InChI=1S/C14H20O2/c1-11-5-4-6-13(9-11)10-14(15)12(2)7-8-16-3/h4-6,9,12H,7-8,10H2,1-3H3. The molecule has 1 aromatic carbocycles. The molecule has 0 spiro atoms. The van der Waals surface area contributed by atoms with E-state index in [1.165, 1.54) is 5.56 Å². The molecule has 0 aliphatic heterocycles. The van der Waals surface area contributed by atoms with Crippen molar-refractivity contribution in [3.8, 4) is 0 Å². The van der Waals surface area contributed by atoms with Crippen LogP contribution in [0, 0.1) is 12.8 Å². The molecule has 0 aliphatic carbocycles. The number of methoxy groups -OCH3 is 1. The summed E-state index contributed by atoms with van der Waals surface area (Å²) in [6, 6.07) is 8.12. The molecule has 0 bridgehead atoms. The molecule has 1 rings (SSSR count). The van der Waals surface area contributed by atoms with Gasteiger partial charge >= 0.3 is 0 Å². The second-order valence-corrected chi connectivity index (χ2v) is 4.31. The van der Waals surface area contributed by atoms with Crippen LogP contribution in [0.4, 0.5) is 0 Å². The van der Waals surface area contributed by atoms with Crippen molar-refractivity contribution in [1.29, 1.82) is 0 Å². The number of carbonyl (C=O) groups is 1. The topological polar surface area (TPSA) is 26.3 Å². The van der Waals surface area contributed by atoms with Crippen molar-refractivity contribution >= 4 is 5.78 Å². The Balaban J connectivity index is 2.50. The molecule has 0 saturated carbocycles. The summed E-state index contributed by atoms with van der Waals surface area (Å²) in [4.78, 5) is 11.9. The molecule has 2 nitrogen and oxygen atoms in total. The highest BCUT2D eigenvalue weighted by molar-refractivity contribution is 5.82. The highest BCUT2D eigenvalue weighted by Gasteiger charge is 2.12. The summed E-state index contributed by atoms with van der Waals surface area (Å²) in [6.07, 6.45) is 1.34. The number of hydrogen-bond donors (Lipinski definition) is 0. The molecule has 88 valence electrons. The van der Waals surface area contributed by atoms with Crippen molar-refractivity contribution in [2.75, 3.05) is 13.7 Å². The Bertz CT molecular complexity index is 344. The second kappa shape index (κ2) is 6.44. The highest BCUT2D eigenvalue weighted by atomic mass is 16.5. The van der Waals surface area contributed by atoms with Gasteiger partial charge < -0.3 is 4.74 Å². The zero-order valence-electron chi connectivity index (χ0n) is 10.3. The van der Waals surface area contributed by atoms with Crippen LogP contribution in [0.2, 0.25) is 0 Å². The van der Waals surface area contributed by atoms with Crippen LogP contribution < -0.4 is 0 Å². The quantitative estimate of drug-likeness (QED) is 0.737. The van der Waals surface area contributed by atoms with Crippen LogP contribution in [0.3, 0.4) is 0 Å². The summed E-state index contributed by atoms with van der Waals surface area (Å²) in [7, 11) is 1.66. The SMILES string of the molecule is COCCC(C)C(=O)Cc1cccc(C)c1. The van der Waals surface area contributed by atoms with Crippen molar-refractivity contribution in [2.24, 2.45) is 5.92 Å². The van der Waals surface area contributed by atoms with Gasteiger partial charge in [-0.25, -0.2) is 0 Å². The first-order chi connectivity index (χ1) is 7.63. The van der Waals surface area contributed by atoms with Gasteiger partial charge in [-0.2, -0.15) is 0 Å². The molecule has 0 aromatic heterocycles. The van der Waals surface area contributed by atoms with Gasteiger partial charge in [-0.3, -0.25) is 4.79 Å². The van der Waals surface area contributed by atoms with E-state index in [9.17, 15) is 4.79 Å². The number of ketones is 1. The lowest BCUT2D eigenvalue weighted by Crippen LogP contribution is -2.15. The minimum atomic E-state index is 0.0838. The van der Waals surface area contributed by atoms with Gasteiger partial charge in [0.05, 0.1) is 0 Å². The van der Waals surface area contributed by atoms with Crippen molar-refractivity contribution in [3.63, 3.8) is 0 Å². The third kappa shape index (κ3) is 4.15. The number of aryl methyl sites for hydroxylation is 1.